The molecule has 1 heterocycles. The summed E-state index contributed by atoms with van der Waals surface area (Å²) in [6, 6.07) is 18.0. The van der Waals surface area contributed by atoms with Crippen molar-refractivity contribution in [1.29, 1.82) is 0 Å². The van der Waals surface area contributed by atoms with Crippen LogP contribution in [0.3, 0.4) is 0 Å². The number of hydrogen-bond donors (Lipinski definition) is 0. The van der Waals surface area contributed by atoms with E-state index in [1.807, 2.05) is 0 Å². The second-order valence-electron chi connectivity index (χ2n) is 11.5. The summed E-state index contributed by atoms with van der Waals surface area (Å²) < 4.78 is 1.56. The first kappa shape index (κ1) is 31.1. The maximum Gasteiger partial charge on any atom is 0.211 e. The molecule has 2 aromatic rings. The Morgan fingerprint density at radius 2 is 0.897 bits per heavy atom. The minimum atomic E-state index is 1.02. The lowest BCUT2D eigenvalue weighted by molar-refractivity contribution is -0.345. The zero-order valence-corrected chi connectivity index (χ0v) is 25.5. The third-order valence-corrected chi connectivity index (χ3v) is 8.21. The lowest BCUT2D eigenvalue weighted by atomic mass is 9.91. The lowest BCUT2D eigenvalue weighted by Gasteiger charge is -2.12. The van der Waals surface area contributed by atoms with Gasteiger partial charge in [-0.3, -0.25) is 0 Å². The molecule has 0 spiro atoms. The molecule has 2 nitrogen and oxygen atoms in total. The van der Waals surface area contributed by atoms with Crippen molar-refractivity contribution in [3.63, 3.8) is 0 Å². The third-order valence-electron chi connectivity index (χ3n) is 8.21. The van der Waals surface area contributed by atoms with Gasteiger partial charge < -0.3 is 5.53 Å². The number of benzene rings is 2. The van der Waals surface area contributed by atoms with Gasteiger partial charge in [0.25, 0.3) is 0 Å². The predicted octanol–water partition coefficient (Wildman–Crippen LogP) is 11.9. The molecule has 3 rings (SSSR count). The maximum absolute atomic E-state index is 11.9. The van der Waals surface area contributed by atoms with E-state index in [1.165, 1.54) is 92.9 Å². The van der Waals surface area contributed by atoms with E-state index in [4.69, 9.17) is 0 Å². The molecule has 0 amide bonds. The zero-order chi connectivity index (χ0) is 27.9. The monoisotopic (exact) mass is 526 g/mol. The molecular formula is C37H54N2. The highest BCUT2D eigenvalue weighted by molar-refractivity contribution is 5.82. The first-order chi connectivity index (χ1) is 19.1. The van der Waals surface area contributed by atoms with Crippen molar-refractivity contribution in [2.45, 2.75) is 137 Å². The van der Waals surface area contributed by atoms with Crippen LogP contribution in [0.5, 0.6) is 0 Å². The van der Waals surface area contributed by atoms with Crippen molar-refractivity contribution >= 4 is 11.4 Å². The first-order valence-corrected chi connectivity index (χ1v) is 16.3. The van der Waals surface area contributed by atoms with Crippen molar-refractivity contribution in [1.82, 2.24) is 0 Å². The SMILES string of the molecule is CCCCCCCCc1cccc(C2=C(CCCC)C(CCCCC)=C(c3cccc(CCCC)c3)[N+]2=[N-])c1. The van der Waals surface area contributed by atoms with E-state index in [0.717, 1.165) is 61.0 Å². The molecule has 0 unspecified atom stereocenters. The van der Waals surface area contributed by atoms with E-state index in [-0.39, 0.29) is 0 Å². The van der Waals surface area contributed by atoms with E-state index in [0.29, 0.717) is 0 Å². The Morgan fingerprint density at radius 1 is 0.487 bits per heavy atom. The highest BCUT2D eigenvalue weighted by Gasteiger charge is 2.35. The minimum absolute atomic E-state index is 1.02. The molecule has 0 N–H and O–H groups in total. The van der Waals surface area contributed by atoms with Gasteiger partial charge >= 0.3 is 0 Å². The number of allylic oxidation sites excluding steroid dienone is 2. The van der Waals surface area contributed by atoms with Gasteiger partial charge in [0.15, 0.2) is 0 Å². The van der Waals surface area contributed by atoms with E-state index in [1.54, 1.807) is 4.70 Å². The minimum Gasteiger partial charge on any atom is -0.493 e. The van der Waals surface area contributed by atoms with Gasteiger partial charge in [-0.05, 0) is 86.8 Å². The fourth-order valence-corrected chi connectivity index (χ4v) is 5.93. The summed E-state index contributed by atoms with van der Waals surface area (Å²) in [5.74, 6) is 0. The predicted molar refractivity (Wildman–Crippen MR) is 170 cm³/mol. The molecule has 39 heavy (non-hydrogen) atoms. The standard InChI is InChI=1S/C37H54N2/c1-5-9-13-14-15-17-21-31-23-19-25-33(29-31)36-34(26-12-8-4)35(27-16-10-6-2)37(39(36)38)32-24-18-22-30(28-32)20-11-7-3/h18-19,22-25,28-29H,5-17,20-21,26-27H2,1-4H3. The van der Waals surface area contributed by atoms with Crippen LogP contribution >= 0.6 is 0 Å². The van der Waals surface area contributed by atoms with Gasteiger partial charge in [0.05, 0.1) is 0 Å². The van der Waals surface area contributed by atoms with Crippen LogP contribution in [-0.4, -0.2) is 4.70 Å². The molecule has 1 aliphatic heterocycles. The Labute approximate surface area is 240 Å². The molecule has 2 aromatic carbocycles. The van der Waals surface area contributed by atoms with Gasteiger partial charge in [-0.2, -0.15) is 0 Å². The van der Waals surface area contributed by atoms with E-state index in [9.17, 15) is 5.53 Å². The molecule has 0 atom stereocenters. The molecule has 0 aromatic heterocycles. The van der Waals surface area contributed by atoms with Crippen LogP contribution in [0.15, 0.2) is 59.7 Å². The van der Waals surface area contributed by atoms with Gasteiger partial charge in [-0.15, -0.1) is 0 Å². The van der Waals surface area contributed by atoms with E-state index in [2.05, 4.69) is 76.2 Å². The normalized spacial score (nSPS) is 13.7. The number of aryl methyl sites for hydroxylation is 2. The Kier molecular flexibility index (Phi) is 13.7. The summed E-state index contributed by atoms with van der Waals surface area (Å²) in [6.45, 7) is 9.07. The topological polar surface area (TPSA) is 25.3 Å². The Balaban J connectivity index is 1.96. The van der Waals surface area contributed by atoms with Crippen LogP contribution in [0.4, 0.5) is 0 Å². The van der Waals surface area contributed by atoms with Gasteiger partial charge in [0.2, 0.25) is 11.4 Å². The molecule has 0 radical (unpaired) electrons. The van der Waals surface area contributed by atoms with Crippen LogP contribution in [0.25, 0.3) is 16.9 Å². The van der Waals surface area contributed by atoms with Crippen LogP contribution in [-0.2, 0) is 12.8 Å². The highest BCUT2D eigenvalue weighted by Crippen LogP contribution is 2.44. The molecule has 0 bridgehead atoms. The lowest BCUT2D eigenvalue weighted by Crippen LogP contribution is -2.03. The largest absolute Gasteiger partial charge is 0.493 e. The van der Waals surface area contributed by atoms with Crippen molar-refractivity contribution in [3.05, 3.63) is 87.5 Å². The van der Waals surface area contributed by atoms with Crippen molar-refractivity contribution in [2.75, 3.05) is 0 Å². The van der Waals surface area contributed by atoms with Crippen LogP contribution < -0.4 is 0 Å². The maximum atomic E-state index is 11.9. The van der Waals surface area contributed by atoms with E-state index < -0.39 is 0 Å². The fourth-order valence-electron chi connectivity index (χ4n) is 5.93. The molecule has 0 saturated heterocycles. The number of nitrogens with zero attached hydrogens (tertiary/aromatic N) is 2. The third kappa shape index (κ3) is 9.02. The average Bonchev–Trinajstić information content (AvgIpc) is 3.23. The Hall–Kier alpha value is -2.48. The Bertz CT molecular complexity index is 1100. The number of unbranched alkanes of at least 4 members (excludes halogenated alkanes) is 9. The quantitative estimate of drug-likeness (QED) is 0.128. The molecule has 0 fully saturated rings. The summed E-state index contributed by atoms with van der Waals surface area (Å²) in [5.41, 5.74) is 21.8. The van der Waals surface area contributed by atoms with Crippen LogP contribution in [0, 0.1) is 0 Å². The summed E-state index contributed by atoms with van der Waals surface area (Å²) in [6.07, 6.45) is 20.5. The van der Waals surface area contributed by atoms with Gasteiger partial charge in [-0.1, -0.05) is 110 Å². The van der Waals surface area contributed by atoms with Gasteiger partial charge in [0, 0.05) is 22.3 Å². The zero-order valence-electron chi connectivity index (χ0n) is 25.5. The van der Waals surface area contributed by atoms with Crippen molar-refractivity contribution < 1.29 is 4.70 Å². The molecular weight excluding hydrogens is 472 g/mol. The number of rotatable bonds is 19. The van der Waals surface area contributed by atoms with E-state index >= 15 is 0 Å². The summed E-state index contributed by atoms with van der Waals surface area (Å²) in [4.78, 5) is 0. The average molecular weight is 527 g/mol. The summed E-state index contributed by atoms with van der Waals surface area (Å²) in [5, 5.41) is 0. The van der Waals surface area contributed by atoms with Gasteiger partial charge in [0.1, 0.15) is 0 Å². The summed E-state index contributed by atoms with van der Waals surface area (Å²) >= 11 is 0. The van der Waals surface area contributed by atoms with Crippen molar-refractivity contribution in [3.8, 4) is 0 Å². The first-order valence-electron chi connectivity index (χ1n) is 16.3. The molecule has 1 aliphatic rings. The van der Waals surface area contributed by atoms with Crippen LogP contribution in [0.2, 0.25) is 0 Å². The highest BCUT2D eigenvalue weighted by atomic mass is 15.2. The molecule has 212 valence electrons. The second kappa shape index (κ2) is 17.3. The molecule has 0 saturated carbocycles. The van der Waals surface area contributed by atoms with Crippen LogP contribution in [0.1, 0.15) is 146 Å². The number of hydrogen-bond acceptors (Lipinski definition) is 0. The fraction of sp³-hybridized carbons (Fsp3) is 0.568. The summed E-state index contributed by atoms with van der Waals surface area (Å²) in [7, 11) is 0. The smallest absolute Gasteiger partial charge is 0.211 e. The molecule has 0 aliphatic carbocycles. The van der Waals surface area contributed by atoms with Crippen molar-refractivity contribution in [2.24, 2.45) is 0 Å². The second-order valence-corrected chi connectivity index (χ2v) is 11.5. The van der Waals surface area contributed by atoms with Gasteiger partial charge in [-0.25, -0.2) is 4.70 Å². The molecule has 2 heteroatoms. The Morgan fingerprint density at radius 3 is 1.46 bits per heavy atom.